The molecule has 174 valence electrons. The van der Waals surface area contributed by atoms with Crippen molar-refractivity contribution >= 4 is 11.5 Å². The minimum atomic E-state index is -1.09. The van der Waals surface area contributed by atoms with Gasteiger partial charge in [0.2, 0.25) is 0 Å². The lowest BCUT2D eigenvalue weighted by atomic mass is 9.45. The Kier molecular flexibility index (Phi) is 4.36. The molecule has 0 saturated heterocycles. The summed E-state index contributed by atoms with van der Waals surface area (Å²) in [5.41, 5.74) is 2.74. The van der Waals surface area contributed by atoms with Crippen LogP contribution in [0.4, 0.5) is 0 Å². The van der Waals surface area contributed by atoms with E-state index in [0.717, 1.165) is 36.8 Å². The van der Waals surface area contributed by atoms with E-state index in [-0.39, 0.29) is 22.6 Å². The topological polar surface area (TPSA) is 151 Å². The van der Waals surface area contributed by atoms with E-state index in [2.05, 4.69) is 27.4 Å². The molecule has 11 nitrogen and oxygen atoms in total. The quantitative estimate of drug-likeness (QED) is 0.470. The first-order chi connectivity index (χ1) is 16.9. The van der Waals surface area contributed by atoms with Gasteiger partial charge in [-0.05, 0) is 37.2 Å². The zero-order valence-corrected chi connectivity index (χ0v) is 19.0. The third kappa shape index (κ3) is 3.05. The number of aromatic carboxylic acids is 1. The Bertz CT molecular complexity index is 1560. The fourth-order valence-corrected chi connectivity index (χ4v) is 6.08. The van der Waals surface area contributed by atoms with Crippen LogP contribution in [0.15, 0.2) is 37.1 Å². The van der Waals surface area contributed by atoms with Crippen molar-refractivity contribution in [3.63, 3.8) is 0 Å². The van der Waals surface area contributed by atoms with Crippen LogP contribution in [0.2, 0.25) is 0 Å². The van der Waals surface area contributed by atoms with Crippen molar-refractivity contribution < 1.29 is 9.90 Å². The largest absolute Gasteiger partial charge is 0.477 e. The number of hydrogen-bond acceptors (Lipinski definition) is 7. The summed E-state index contributed by atoms with van der Waals surface area (Å²) in [6.45, 7) is 0. The van der Waals surface area contributed by atoms with E-state index >= 15 is 0 Å². The SMILES string of the molecule is Cn1ncc(-c2cn3nccc3c(-c3cnn(C4(CC#N)CC5(CC(C#N)C5)C4)c3)n2)c1C(=O)O. The van der Waals surface area contributed by atoms with E-state index in [1.54, 1.807) is 30.2 Å². The fourth-order valence-electron chi connectivity index (χ4n) is 6.08. The first-order valence-corrected chi connectivity index (χ1v) is 11.3. The average molecular weight is 467 g/mol. The second-order valence-electron chi connectivity index (χ2n) is 9.79. The molecule has 6 rings (SSSR count). The molecule has 1 spiro atoms. The number of hydrogen-bond donors (Lipinski definition) is 1. The number of carbonyl (C=O) groups is 1. The molecule has 0 unspecified atom stereocenters. The zero-order valence-electron chi connectivity index (χ0n) is 19.0. The molecule has 2 saturated carbocycles. The van der Waals surface area contributed by atoms with Crippen molar-refractivity contribution in [3.8, 4) is 34.7 Å². The van der Waals surface area contributed by atoms with E-state index < -0.39 is 5.97 Å². The van der Waals surface area contributed by atoms with Gasteiger partial charge in [0.1, 0.15) is 0 Å². The highest BCUT2D eigenvalue weighted by Gasteiger charge is 2.61. The summed E-state index contributed by atoms with van der Waals surface area (Å²) in [4.78, 5) is 16.6. The summed E-state index contributed by atoms with van der Waals surface area (Å²) in [7, 11) is 1.57. The van der Waals surface area contributed by atoms with Crippen molar-refractivity contribution in [2.45, 2.75) is 37.6 Å². The van der Waals surface area contributed by atoms with Crippen LogP contribution in [-0.4, -0.2) is 45.2 Å². The van der Waals surface area contributed by atoms with Crippen LogP contribution in [-0.2, 0) is 12.6 Å². The Hall–Kier alpha value is -4.51. The van der Waals surface area contributed by atoms with Gasteiger partial charge < -0.3 is 5.11 Å². The van der Waals surface area contributed by atoms with Gasteiger partial charge >= 0.3 is 5.97 Å². The van der Waals surface area contributed by atoms with Gasteiger partial charge in [-0.3, -0.25) is 9.36 Å². The number of carboxylic acids is 1. The van der Waals surface area contributed by atoms with Gasteiger partial charge in [0.15, 0.2) is 5.69 Å². The maximum absolute atomic E-state index is 11.8. The number of nitriles is 2. The predicted molar refractivity (Wildman–Crippen MR) is 122 cm³/mol. The lowest BCUT2D eigenvalue weighted by Crippen LogP contribution is -2.58. The lowest BCUT2D eigenvalue weighted by molar-refractivity contribution is -0.108. The molecule has 0 aromatic carbocycles. The summed E-state index contributed by atoms with van der Waals surface area (Å²) in [6.07, 6.45) is 12.3. The van der Waals surface area contributed by atoms with Gasteiger partial charge in [-0.25, -0.2) is 14.3 Å². The molecule has 2 aliphatic carbocycles. The van der Waals surface area contributed by atoms with Crippen LogP contribution < -0.4 is 0 Å². The molecule has 0 atom stereocenters. The van der Waals surface area contributed by atoms with E-state index in [9.17, 15) is 15.2 Å². The number of aromatic nitrogens is 7. The van der Waals surface area contributed by atoms with Gasteiger partial charge in [0, 0.05) is 24.7 Å². The van der Waals surface area contributed by atoms with Crippen molar-refractivity contribution in [3.05, 3.63) is 42.7 Å². The molecule has 0 aliphatic heterocycles. The van der Waals surface area contributed by atoms with E-state index in [0.29, 0.717) is 23.4 Å². The third-order valence-corrected chi connectivity index (χ3v) is 7.51. The fraction of sp³-hybridized carbons (Fsp3) is 0.375. The standard InChI is InChI=1S/C24H21N9O2/c1-31-21(22(34)35)17(10-28-31)18-12-32-19(2-5-27-32)20(30-18)16-9-29-33(11-16)24(3-4-25)13-23(14-24)6-15(7-23)8-26/h2,5,9-12,15H,3,6-7,13-14H2,1H3,(H,34,35). The van der Waals surface area contributed by atoms with Gasteiger partial charge in [-0.15, -0.1) is 0 Å². The second kappa shape index (κ2) is 7.24. The Morgan fingerprint density at radius 1 is 1.20 bits per heavy atom. The van der Waals surface area contributed by atoms with Gasteiger partial charge in [0.25, 0.3) is 0 Å². The first kappa shape index (κ1) is 21.1. The molecule has 4 heterocycles. The van der Waals surface area contributed by atoms with Gasteiger partial charge in [-0.2, -0.15) is 25.8 Å². The first-order valence-electron chi connectivity index (χ1n) is 11.3. The van der Waals surface area contributed by atoms with Gasteiger partial charge in [0.05, 0.1) is 71.4 Å². The molecule has 11 heteroatoms. The number of nitrogens with zero attached hydrogens (tertiary/aromatic N) is 9. The van der Waals surface area contributed by atoms with Crippen molar-refractivity contribution in [2.24, 2.45) is 18.4 Å². The Morgan fingerprint density at radius 2 is 2.00 bits per heavy atom. The highest BCUT2D eigenvalue weighted by atomic mass is 16.4. The van der Waals surface area contributed by atoms with Crippen LogP contribution in [0.3, 0.4) is 0 Å². The molecule has 35 heavy (non-hydrogen) atoms. The summed E-state index contributed by atoms with van der Waals surface area (Å²) in [6, 6.07) is 6.51. The van der Waals surface area contributed by atoms with Crippen molar-refractivity contribution in [1.82, 2.24) is 34.2 Å². The Morgan fingerprint density at radius 3 is 2.71 bits per heavy atom. The molecule has 2 fully saturated rings. The molecule has 4 aromatic rings. The minimum absolute atomic E-state index is 0.0366. The molecule has 1 N–H and O–H groups in total. The summed E-state index contributed by atoms with van der Waals surface area (Å²) in [5.74, 6) is -0.975. The average Bonchev–Trinajstić information content (AvgIpc) is 3.52. The third-order valence-electron chi connectivity index (χ3n) is 7.51. The maximum atomic E-state index is 11.8. The van der Waals surface area contributed by atoms with Crippen LogP contribution >= 0.6 is 0 Å². The number of fused-ring (bicyclic) bond motifs is 1. The smallest absolute Gasteiger partial charge is 0.354 e. The molecular formula is C24H21N9O2. The van der Waals surface area contributed by atoms with E-state index in [1.807, 2.05) is 16.9 Å². The van der Waals surface area contributed by atoms with Crippen LogP contribution in [0.25, 0.3) is 28.0 Å². The highest BCUT2D eigenvalue weighted by Crippen LogP contribution is 2.66. The molecular weight excluding hydrogens is 446 g/mol. The van der Waals surface area contributed by atoms with E-state index in [1.165, 1.54) is 10.9 Å². The highest BCUT2D eigenvalue weighted by molar-refractivity contribution is 5.94. The number of rotatable bonds is 5. The molecule has 4 aromatic heterocycles. The summed E-state index contributed by atoms with van der Waals surface area (Å²) >= 11 is 0. The number of aryl methyl sites for hydroxylation is 1. The Labute approximate surface area is 199 Å². The lowest BCUT2D eigenvalue weighted by Gasteiger charge is -2.61. The Balaban J connectivity index is 1.40. The van der Waals surface area contributed by atoms with Crippen LogP contribution in [0.5, 0.6) is 0 Å². The van der Waals surface area contributed by atoms with Crippen molar-refractivity contribution in [2.75, 3.05) is 0 Å². The maximum Gasteiger partial charge on any atom is 0.354 e. The van der Waals surface area contributed by atoms with Gasteiger partial charge in [-0.1, -0.05) is 0 Å². The minimum Gasteiger partial charge on any atom is -0.477 e. The number of carboxylic acid groups (broad SMARTS) is 1. The normalized spacial score (nSPS) is 25.1. The van der Waals surface area contributed by atoms with Crippen LogP contribution in [0.1, 0.15) is 42.6 Å². The zero-order chi connectivity index (χ0) is 24.4. The molecule has 0 amide bonds. The predicted octanol–water partition coefficient (Wildman–Crippen LogP) is 3.01. The van der Waals surface area contributed by atoms with Crippen LogP contribution in [0, 0.1) is 34.0 Å². The molecule has 0 bridgehead atoms. The monoisotopic (exact) mass is 467 g/mol. The van der Waals surface area contributed by atoms with E-state index in [4.69, 9.17) is 10.2 Å². The second-order valence-corrected chi connectivity index (χ2v) is 9.79. The molecule has 2 aliphatic rings. The summed E-state index contributed by atoms with van der Waals surface area (Å²) < 4.78 is 4.84. The molecule has 0 radical (unpaired) electrons. The van der Waals surface area contributed by atoms with Crippen molar-refractivity contribution in [1.29, 1.82) is 10.5 Å². The summed E-state index contributed by atoms with van der Waals surface area (Å²) in [5, 5.41) is 41.4.